The normalized spacial score (nSPS) is 11.6. The van der Waals surface area contributed by atoms with Gasteiger partial charge in [-0.3, -0.25) is 20.4 Å². The van der Waals surface area contributed by atoms with Crippen LogP contribution in [-0.2, 0) is 11.8 Å². The smallest absolute Gasteiger partial charge is 0.286 e. The Hall–Kier alpha value is -2.51. The minimum absolute atomic E-state index is 0.295. The lowest BCUT2D eigenvalue weighted by molar-refractivity contribution is -0.121. The summed E-state index contributed by atoms with van der Waals surface area (Å²) in [6.45, 7) is 0. The minimum atomic E-state index is -0.492. The number of aryl methyl sites for hydroxylation is 1. The highest BCUT2D eigenvalue weighted by Gasteiger charge is 2.23. The average Bonchev–Trinajstić information content (AvgIpc) is 3.03. The number of hydrogen-bond acceptors (Lipinski definition) is 3. The fraction of sp³-hybridized carbons (Fsp3) is 0.100. The van der Waals surface area contributed by atoms with Gasteiger partial charge in [0.15, 0.2) is 0 Å². The van der Waals surface area contributed by atoms with Crippen LogP contribution in [0.4, 0.5) is 0 Å². The van der Waals surface area contributed by atoms with Crippen molar-refractivity contribution < 1.29 is 9.59 Å². The molecule has 0 saturated carbocycles. The molecule has 2 amide bonds. The quantitative estimate of drug-likeness (QED) is 0.461. The van der Waals surface area contributed by atoms with Crippen LogP contribution < -0.4 is 10.9 Å². The monoisotopic (exact) mass is 443 g/mol. The first kappa shape index (κ1) is 19.3. The van der Waals surface area contributed by atoms with Crippen molar-refractivity contribution in [3.63, 3.8) is 0 Å². The molecule has 0 aliphatic rings. The van der Waals surface area contributed by atoms with E-state index in [9.17, 15) is 9.59 Å². The molecule has 1 atom stereocenters. The van der Waals surface area contributed by atoms with Crippen molar-refractivity contribution in [1.82, 2.24) is 15.4 Å². The van der Waals surface area contributed by atoms with Gasteiger partial charge in [-0.25, -0.2) is 0 Å². The van der Waals surface area contributed by atoms with Gasteiger partial charge < -0.3 is 4.57 Å². The summed E-state index contributed by atoms with van der Waals surface area (Å²) in [5.41, 5.74) is 6.34. The molecule has 0 saturated heterocycles. The number of amides is 2. The number of nitrogens with zero attached hydrogens (tertiary/aromatic N) is 1. The molecule has 1 aromatic heterocycles. The van der Waals surface area contributed by atoms with Gasteiger partial charge in [0.25, 0.3) is 11.8 Å². The standard InChI is InChI=1S/C20H18BrN3O2S/c1-24-13-15(21)12-17(24)19(25)22-23-20(26)18(14-8-4-2-5-9-14)27-16-10-6-3-7-11-16/h2-13,18H,1H3,(H,22,25)(H,23,26). The molecule has 0 radical (unpaired) electrons. The molecule has 3 rings (SSSR count). The van der Waals surface area contributed by atoms with E-state index in [4.69, 9.17) is 0 Å². The summed E-state index contributed by atoms with van der Waals surface area (Å²) in [6, 6.07) is 20.9. The van der Waals surface area contributed by atoms with Crippen LogP contribution in [0, 0.1) is 0 Å². The number of carbonyl (C=O) groups excluding carboxylic acids is 2. The Morgan fingerprint density at radius 1 is 1.00 bits per heavy atom. The highest BCUT2D eigenvalue weighted by Crippen LogP contribution is 2.35. The van der Waals surface area contributed by atoms with Gasteiger partial charge in [-0.15, -0.1) is 11.8 Å². The number of benzene rings is 2. The molecule has 2 aromatic carbocycles. The molecule has 1 heterocycles. The van der Waals surface area contributed by atoms with Crippen molar-refractivity contribution in [2.75, 3.05) is 0 Å². The molecule has 5 nitrogen and oxygen atoms in total. The highest BCUT2D eigenvalue weighted by molar-refractivity contribution is 9.10. The van der Waals surface area contributed by atoms with Crippen LogP contribution in [-0.4, -0.2) is 16.4 Å². The zero-order valence-electron chi connectivity index (χ0n) is 14.6. The number of rotatable bonds is 5. The highest BCUT2D eigenvalue weighted by atomic mass is 79.9. The molecule has 3 aromatic rings. The van der Waals surface area contributed by atoms with E-state index in [2.05, 4.69) is 26.8 Å². The Morgan fingerprint density at radius 3 is 2.22 bits per heavy atom. The molecule has 138 valence electrons. The third-order valence-corrected chi connectivity index (χ3v) is 5.54. The fourth-order valence-corrected chi connectivity index (χ4v) is 4.10. The molecule has 27 heavy (non-hydrogen) atoms. The fourth-order valence-electron chi connectivity index (χ4n) is 2.53. The zero-order chi connectivity index (χ0) is 19.2. The van der Waals surface area contributed by atoms with Gasteiger partial charge in [0, 0.05) is 22.6 Å². The molecular weight excluding hydrogens is 426 g/mol. The summed E-state index contributed by atoms with van der Waals surface area (Å²) in [7, 11) is 1.76. The number of hydrazine groups is 1. The lowest BCUT2D eigenvalue weighted by atomic mass is 10.1. The van der Waals surface area contributed by atoms with Crippen LogP contribution in [0.3, 0.4) is 0 Å². The predicted octanol–water partition coefficient (Wildman–Crippen LogP) is 4.08. The Kier molecular flexibility index (Phi) is 6.36. The second kappa shape index (κ2) is 8.92. The van der Waals surface area contributed by atoms with Gasteiger partial charge in [-0.1, -0.05) is 48.5 Å². The van der Waals surface area contributed by atoms with Crippen LogP contribution in [0.25, 0.3) is 0 Å². The van der Waals surface area contributed by atoms with E-state index in [0.717, 1.165) is 14.9 Å². The van der Waals surface area contributed by atoms with Gasteiger partial charge in [0.05, 0.1) is 0 Å². The first-order valence-corrected chi connectivity index (χ1v) is 9.90. The lowest BCUT2D eigenvalue weighted by Gasteiger charge is -2.17. The summed E-state index contributed by atoms with van der Waals surface area (Å²) >= 11 is 4.76. The molecule has 0 bridgehead atoms. The largest absolute Gasteiger partial charge is 0.345 e. The number of carbonyl (C=O) groups is 2. The van der Waals surface area contributed by atoms with Gasteiger partial charge in [0.1, 0.15) is 10.9 Å². The van der Waals surface area contributed by atoms with E-state index in [1.807, 2.05) is 60.7 Å². The van der Waals surface area contributed by atoms with E-state index in [1.165, 1.54) is 11.8 Å². The third kappa shape index (κ3) is 5.02. The van der Waals surface area contributed by atoms with Gasteiger partial charge in [0.2, 0.25) is 0 Å². The van der Waals surface area contributed by atoms with E-state index < -0.39 is 5.25 Å². The van der Waals surface area contributed by atoms with Crippen molar-refractivity contribution in [1.29, 1.82) is 0 Å². The van der Waals surface area contributed by atoms with Crippen LogP contribution in [0.5, 0.6) is 0 Å². The zero-order valence-corrected chi connectivity index (χ0v) is 17.0. The number of nitrogens with one attached hydrogen (secondary N) is 2. The van der Waals surface area contributed by atoms with E-state index in [-0.39, 0.29) is 11.8 Å². The maximum atomic E-state index is 12.8. The molecule has 2 N–H and O–H groups in total. The van der Waals surface area contributed by atoms with Crippen molar-refractivity contribution >= 4 is 39.5 Å². The number of hydrogen-bond donors (Lipinski definition) is 2. The molecule has 0 fully saturated rings. The summed E-state index contributed by atoms with van der Waals surface area (Å²) in [5, 5.41) is -0.492. The maximum absolute atomic E-state index is 12.8. The number of halogens is 1. The van der Waals surface area contributed by atoms with Gasteiger partial charge >= 0.3 is 0 Å². The number of aromatic nitrogens is 1. The first-order valence-electron chi connectivity index (χ1n) is 8.23. The van der Waals surface area contributed by atoms with Crippen LogP contribution >= 0.6 is 27.7 Å². The van der Waals surface area contributed by atoms with Crippen LogP contribution in [0.15, 0.2) is 82.3 Å². The van der Waals surface area contributed by atoms with Crippen LogP contribution in [0.2, 0.25) is 0 Å². The second-order valence-corrected chi connectivity index (χ2v) is 7.91. The lowest BCUT2D eigenvalue weighted by Crippen LogP contribution is -2.43. The van der Waals surface area contributed by atoms with Crippen molar-refractivity contribution in [2.24, 2.45) is 7.05 Å². The van der Waals surface area contributed by atoms with Gasteiger partial charge in [-0.2, -0.15) is 0 Å². The molecule has 0 aliphatic heterocycles. The molecule has 7 heteroatoms. The van der Waals surface area contributed by atoms with Gasteiger partial charge in [-0.05, 0) is 39.7 Å². The Morgan fingerprint density at radius 2 is 1.63 bits per heavy atom. The maximum Gasteiger partial charge on any atom is 0.286 e. The topological polar surface area (TPSA) is 63.1 Å². The molecule has 0 aliphatic carbocycles. The summed E-state index contributed by atoms with van der Waals surface area (Å²) in [6.07, 6.45) is 1.77. The van der Waals surface area contributed by atoms with Crippen molar-refractivity contribution in [2.45, 2.75) is 10.1 Å². The second-order valence-electron chi connectivity index (χ2n) is 5.82. The number of thioether (sulfide) groups is 1. The Balaban J connectivity index is 1.73. The van der Waals surface area contributed by atoms with Crippen LogP contribution in [0.1, 0.15) is 21.3 Å². The minimum Gasteiger partial charge on any atom is -0.345 e. The summed E-state index contributed by atoms with van der Waals surface area (Å²) in [4.78, 5) is 26.1. The van der Waals surface area contributed by atoms with E-state index in [1.54, 1.807) is 23.9 Å². The summed E-state index contributed by atoms with van der Waals surface area (Å²) in [5.74, 6) is -0.676. The molecular formula is C20H18BrN3O2S. The summed E-state index contributed by atoms with van der Waals surface area (Å²) < 4.78 is 2.47. The Labute approximate surface area is 170 Å². The molecule has 0 spiro atoms. The van der Waals surface area contributed by atoms with Crippen molar-refractivity contribution in [3.8, 4) is 0 Å². The van der Waals surface area contributed by atoms with Crippen molar-refractivity contribution in [3.05, 3.63) is 88.7 Å². The van der Waals surface area contributed by atoms with E-state index in [0.29, 0.717) is 5.69 Å². The van der Waals surface area contributed by atoms with E-state index >= 15 is 0 Å². The Bertz CT molecular complexity index is 929. The first-order chi connectivity index (χ1) is 13.0. The predicted molar refractivity (Wildman–Crippen MR) is 110 cm³/mol. The SMILES string of the molecule is Cn1cc(Br)cc1C(=O)NNC(=O)C(Sc1ccccc1)c1ccccc1. The molecule has 1 unspecified atom stereocenters. The third-order valence-electron chi connectivity index (χ3n) is 3.84. The average molecular weight is 444 g/mol.